The van der Waals surface area contributed by atoms with Crippen LogP contribution in [-0.2, 0) is 7.05 Å². The highest BCUT2D eigenvalue weighted by Gasteiger charge is 2.16. The molecular formula is C11H16IN3O3. The van der Waals surface area contributed by atoms with Crippen molar-refractivity contribution in [3.63, 3.8) is 0 Å². The van der Waals surface area contributed by atoms with Crippen LogP contribution in [0.25, 0.3) is 0 Å². The summed E-state index contributed by atoms with van der Waals surface area (Å²) in [5, 5.41) is 13.3. The minimum Gasteiger partial charge on any atom is -0.351 e. The van der Waals surface area contributed by atoms with Gasteiger partial charge in [-0.15, -0.1) is 0 Å². The summed E-state index contributed by atoms with van der Waals surface area (Å²) in [6.07, 6.45) is 4.49. The van der Waals surface area contributed by atoms with Gasteiger partial charge in [-0.05, 0) is 17.3 Å². The fourth-order valence-electron chi connectivity index (χ4n) is 1.56. The highest BCUT2D eigenvalue weighted by Crippen LogP contribution is 2.14. The second kappa shape index (κ2) is 7.34. The number of carbonyl (C=O) groups excluding carboxylic acids is 1. The lowest BCUT2D eigenvalue weighted by atomic mass is 10.2. The number of hydrogen-bond donors (Lipinski definition) is 1. The summed E-state index contributed by atoms with van der Waals surface area (Å²) in [5.74, 6) is -0.264. The summed E-state index contributed by atoms with van der Waals surface area (Å²) < 4.78 is 2.59. The zero-order chi connectivity index (χ0) is 13.5. The van der Waals surface area contributed by atoms with Crippen LogP contribution in [0.15, 0.2) is 12.3 Å². The molecule has 1 amide bonds. The Kier molecular flexibility index (Phi) is 6.10. The molecule has 7 heteroatoms. The molecule has 0 atom stereocenters. The van der Waals surface area contributed by atoms with E-state index in [4.69, 9.17) is 0 Å². The molecular weight excluding hydrogens is 349 g/mol. The van der Waals surface area contributed by atoms with Crippen LogP contribution in [0.1, 0.15) is 29.8 Å². The van der Waals surface area contributed by atoms with Gasteiger partial charge >= 0.3 is 0 Å². The fourth-order valence-corrected chi connectivity index (χ4v) is 2.10. The Morgan fingerprint density at radius 1 is 1.50 bits per heavy atom. The average Bonchev–Trinajstić information content (AvgIpc) is 2.71. The first kappa shape index (κ1) is 14.9. The van der Waals surface area contributed by atoms with Gasteiger partial charge in [0.25, 0.3) is 11.6 Å². The predicted octanol–water partition coefficient (Wildman–Crippen LogP) is 2.27. The summed E-state index contributed by atoms with van der Waals surface area (Å²) in [7, 11) is 1.62. The molecule has 18 heavy (non-hydrogen) atoms. The summed E-state index contributed by atoms with van der Waals surface area (Å²) >= 11 is 2.32. The molecule has 0 aliphatic carbocycles. The molecule has 1 aromatic heterocycles. The van der Waals surface area contributed by atoms with Crippen LogP contribution in [0, 0.1) is 10.1 Å². The minimum atomic E-state index is -0.503. The molecule has 0 bridgehead atoms. The number of aryl methyl sites for hydroxylation is 1. The lowest BCUT2D eigenvalue weighted by Gasteiger charge is -2.04. The van der Waals surface area contributed by atoms with Crippen molar-refractivity contribution >= 4 is 34.2 Å². The van der Waals surface area contributed by atoms with E-state index in [2.05, 4.69) is 27.9 Å². The number of alkyl halides is 1. The summed E-state index contributed by atoms with van der Waals surface area (Å²) in [5.41, 5.74) is 0.253. The van der Waals surface area contributed by atoms with Crippen molar-refractivity contribution in [2.75, 3.05) is 11.0 Å². The number of unbranched alkanes of at least 4 members (excludes halogenated alkanes) is 2. The van der Waals surface area contributed by atoms with Crippen LogP contribution >= 0.6 is 22.6 Å². The zero-order valence-electron chi connectivity index (χ0n) is 10.2. The van der Waals surface area contributed by atoms with Crippen molar-refractivity contribution in [1.82, 2.24) is 9.88 Å². The number of nitro groups is 1. The number of carbonyl (C=O) groups is 1. The van der Waals surface area contributed by atoms with Crippen molar-refractivity contribution in [2.24, 2.45) is 7.05 Å². The Morgan fingerprint density at radius 2 is 2.22 bits per heavy atom. The van der Waals surface area contributed by atoms with E-state index in [9.17, 15) is 14.9 Å². The zero-order valence-corrected chi connectivity index (χ0v) is 12.3. The molecule has 1 rings (SSSR count). The minimum absolute atomic E-state index is 0.0624. The Morgan fingerprint density at radius 3 is 2.78 bits per heavy atom. The molecule has 0 aliphatic rings. The van der Waals surface area contributed by atoms with Crippen LogP contribution in [-0.4, -0.2) is 26.4 Å². The van der Waals surface area contributed by atoms with Gasteiger partial charge in [-0.25, -0.2) is 0 Å². The molecule has 6 nitrogen and oxygen atoms in total. The number of aromatic nitrogens is 1. The maximum Gasteiger partial charge on any atom is 0.287 e. The molecule has 0 radical (unpaired) electrons. The van der Waals surface area contributed by atoms with Gasteiger partial charge in [0, 0.05) is 19.7 Å². The van der Waals surface area contributed by atoms with Crippen LogP contribution in [0.2, 0.25) is 0 Å². The number of hydrogen-bond acceptors (Lipinski definition) is 3. The number of amides is 1. The molecule has 0 unspecified atom stereocenters. The Labute approximate surface area is 119 Å². The number of rotatable bonds is 7. The fraction of sp³-hybridized carbons (Fsp3) is 0.545. The van der Waals surface area contributed by atoms with Gasteiger partial charge in [-0.1, -0.05) is 29.0 Å². The van der Waals surface area contributed by atoms with Crippen LogP contribution in [0.5, 0.6) is 0 Å². The van der Waals surface area contributed by atoms with Gasteiger partial charge < -0.3 is 9.88 Å². The third-order valence-electron chi connectivity index (χ3n) is 2.53. The number of halogens is 1. The first-order valence-corrected chi connectivity index (χ1v) is 7.23. The van der Waals surface area contributed by atoms with Crippen molar-refractivity contribution in [1.29, 1.82) is 0 Å². The van der Waals surface area contributed by atoms with Crippen LogP contribution in [0.3, 0.4) is 0 Å². The van der Waals surface area contributed by atoms with E-state index in [-0.39, 0.29) is 11.6 Å². The van der Waals surface area contributed by atoms with Crippen molar-refractivity contribution in [3.05, 3.63) is 28.1 Å². The maximum atomic E-state index is 11.8. The third-order valence-corrected chi connectivity index (χ3v) is 3.29. The third kappa shape index (κ3) is 4.28. The van der Waals surface area contributed by atoms with E-state index in [0.717, 1.165) is 23.7 Å². The maximum absolute atomic E-state index is 11.8. The molecule has 1 heterocycles. The SMILES string of the molecule is Cn1cc([N+](=O)[O-])cc1C(=O)NCCCCCI. The summed E-state index contributed by atoms with van der Waals surface area (Å²) in [6.45, 7) is 0.606. The Balaban J connectivity index is 2.48. The second-order valence-corrected chi connectivity index (χ2v) is 5.04. The van der Waals surface area contributed by atoms with Gasteiger partial charge in [0.05, 0.1) is 11.1 Å². The molecule has 1 aromatic rings. The smallest absolute Gasteiger partial charge is 0.287 e. The van der Waals surface area contributed by atoms with Gasteiger partial charge in [-0.2, -0.15) is 0 Å². The van der Waals surface area contributed by atoms with E-state index < -0.39 is 4.92 Å². The van der Waals surface area contributed by atoms with Crippen molar-refractivity contribution in [2.45, 2.75) is 19.3 Å². The lowest BCUT2D eigenvalue weighted by Crippen LogP contribution is -2.26. The van der Waals surface area contributed by atoms with Crippen LogP contribution < -0.4 is 5.32 Å². The first-order chi connectivity index (χ1) is 8.56. The van der Waals surface area contributed by atoms with Crippen molar-refractivity contribution in [3.8, 4) is 0 Å². The normalized spacial score (nSPS) is 10.3. The molecule has 0 fully saturated rings. The molecule has 0 saturated carbocycles. The van der Waals surface area contributed by atoms with E-state index in [1.54, 1.807) is 7.05 Å². The topological polar surface area (TPSA) is 77.2 Å². The van der Waals surface area contributed by atoms with E-state index in [0.29, 0.717) is 12.2 Å². The molecule has 100 valence electrons. The van der Waals surface area contributed by atoms with E-state index in [1.807, 2.05) is 0 Å². The van der Waals surface area contributed by atoms with Gasteiger partial charge in [-0.3, -0.25) is 14.9 Å². The highest BCUT2D eigenvalue weighted by molar-refractivity contribution is 14.1. The largest absolute Gasteiger partial charge is 0.351 e. The molecule has 0 aliphatic heterocycles. The second-order valence-electron chi connectivity index (χ2n) is 3.96. The summed E-state index contributed by atoms with van der Waals surface area (Å²) in [4.78, 5) is 21.9. The average molecular weight is 365 g/mol. The number of nitrogens with zero attached hydrogens (tertiary/aromatic N) is 2. The predicted molar refractivity (Wildman–Crippen MR) is 77.1 cm³/mol. The highest BCUT2D eigenvalue weighted by atomic mass is 127. The van der Waals surface area contributed by atoms with E-state index in [1.165, 1.54) is 16.8 Å². The summed E-state index contributed by atoms with van der Waals surface area (Å²) in [6, 6.07) is 1.29. The van der Waals surface area contributed by atoms with E-state index >= 15 is 0 Å². The van der Waals surface area contributed by atoms with Gasteiger partial charge in [0.15, 0.2) is 0 Å². The monoisotopic (exact) mass is 365 g/mol. The molecule has 0 aromatic carbocycles. The quantitative estimate of drug-likeness (QED) is 0.265. The molecule has 0 spiro atoms. The van der Waals surface area contributed by atoms with Crippen molar-refractivity contribution < 1.29 is 9.72 Å². The Hall–Kier alpha value is -1.12. The Bertz CT molecular complexity index is 431. The molecule has 0 saturated heterocycles. The standard InChI is InChI=1S/C11H16IN3O3/c1-14-8-9(15(17)18)7-10(14)11(16)13-6-4-2-3-5-12/h7-8H,2-6H2,1H3,(H,13,16). The van der Waals surface area contributed by atoms with Gasteiger partial charge in [0.1, 0.15) is 5.69 Å². The number of nitrogens with one attached hydrogen (secondary N) is 1. The lowest BCUT2D eigenvalue weighted by molar-refractivity contribution is -0.384. The van der Waals surface area contributed by atoms with Gasteiger partial charge in [0.2, 0.25) is 0 Å². The van der Waals surface area contributed by atoms with Crippen LogP contribution in [0.4, 0.5) is 5.69 Å². The first-order valence-electron chi connectivity index (χ1n) is 5.71. The molecule has 1 N–H and O–H groups in total.